The summed E-state index contributed by atoms with van der Waals surface area (Å²) >= 11 is 0. The molecule has 1 fully saturated rings. The highest BCUT2D eigenvalue weighted by Crippen LogP contribution is 2.16. The largest absolute Gasteiger partial charge is 0.396 e. The molecule has 6 heteroatoms. The standard InChI is InChI=1S/C15H26N4O2/c1-12-10-13(2)19(17-12)7-3-6-16-15(21)18-8-4-14(11-20)5-9-18/h10,14,20H,3-9,11H2,1-2H3,(H,16,21). The Morgan fingerprint density at radius 2 is 2.14 bits per heavy atom. The molecular formula is C15H26N4O2. The zero-order valence-electron chi connectivity index (χ0n) is 13.0. The van der Waals surface area contributed by atoms with E-state index >= 15 is 0 Å². The van der Waals surface area contributed by atoms with Crippen LogP contribution in [0.5, 0.6) is 0 Å². The van der Waals surface area contributed by atoms with Crippen LogP contribution < -0.4 is 5.32 Å². The van der Waals surface area contributed by atoms with Gasteiger partial charge < -0.3 is 15.3 Å². The van der Waals surface area contributed by atoms with Crippen LogP contribution in [-0.2, 0) is 6.54 Å². The molecule has 0 saturated carbocycles. The minimum Gasteiger partial charge on any atom is -0.396 e. The van der Waals surface area contributed by atoms with Gasteiger partial charge in [-0.05, 0) is 45.1 Å². The fourth-order valence-corrected chi connectivity index (χ4v) is 2.76. The van der Waals surface area contributed by atoms with Gasteiger partial charge in [0.1, 0.15) is 0 Å². The molecule has 21 heavy (non-hydrogen) atoms. The summed E-state index contributed by atoms with van der Waals surface area (Å²) < 4.78 is 1.98. The maximum atomic E-state index is 12.0. The van der Waals surface area contributed by atoms with Gasteiger partial charge in [-0.3, -0.25) is 4.68 Å². The minimum absolute atomic E-state index is 0.0137. The van der Waals surface area contributed by atoms with E-state index in [2.05, 4.69) is 16.5 Å². The predicted octanol–water partition coefficient (Wildman–Crippen LogP) is 1.30. The number of nitrogens with one attached hydrogen (secondary N) is 1. The van der Waals surface area contributed by atoms with Gasteiger partial charge in [-0.2, -0.15) is 5.10 Å². The molecule has 1 aromatic heterocycles. The summed E-state index contributed by atoms with van der Waals surface area (Å²) in [4.78, 5) is 13.8. The van der Waals surface area contributed by atoms with E-state index in [1.807, 2.05) is 23.4 Å². The average molecular weight is 294 g/mol. The van der Waals surface area contributed by atoms with Crippen molar-refractivity contribution in [1.82, 2.24) is 20.0 Å². The Morgan fingerprint density at radius 3 is 2.71 bits per heavy atom. The second-order valence-electron chi connectivity index (χ2n) is 5.85. The van der Waals surface area contributed by atoms with Crippen LogP contribution in [-0.4, -0.2) is 52.1 Å². The molecule has 2 N–H and O–H groups in total. The lowest BCUT2D eigenvalue weighted by atomic mass is 9.98. The van der Waals surface area contributed by atoms with Gasteiger partial charge in [0.2, 0.25) is 0 Å². The molecule has 1 aliphatic heterocycles. The van der Waals surface area contributed by atoms with Gasteiger partial charge in [0.05, 0.1) is 5.69 Å². The maximum Gasteiger partial charge on any atom is 0.317 e. The Morgan fingerprint density at radius 1 is 1.43 bits per heavy atom. The summed E-state index contributed by atoms with van der Waals surface area (Å²) in [6, 6.07) is 2.07. The number of aliphatic hydroxyl groups is 1. The van der Waals surface area contributed by atoms with E-state index in [9.17, 15) is 4.79 Å². The monoisotopic (exact) mass is 294 g/mol. The molecule has 6 nitrogen and oxygen atoms in total. The molecule has 1 aliphatic rings. The number of carbonyl (C=O) groups excluding carboxylic acids is 1. The van der Waals surface area contributed by atoms with E-state index in [4.69, 9.17) is 5.11 Å². The Labute approximate surface area is 126 Å². The number of aryl methyl sites for hydroxylation is 3. The number of likely N-dealkylation sites (tertiary alicyclic amines) is 1. The molecule has 0 bridgehead atoms. The molecule has 2 heterocycles. The summed E-state index contributed by atoms with van der Waals surface area (Å²) in [6.45, 7) is 7.25. The predicted molar refractivity (Wildman–Crippen MR) is 81.1 cm³/mol. The topological polar surface area (TPSA) is 70.4 Å². The van der Waals surface area contributed by atoms with Crippen molar-refractivity contribution in [3.8, 4) is 0 Å². The fraction of sp³-hybridized carbons (Fsp3) is 0.733. The van der Waals surface area contributed by atoms with Crippen LogP contribution >= 0.6 is 0 Å². The third-order valence-electron chi connectivity index (χ3n) is 4.09. The van der Waals surface area contributed by atoms with E-state index in [1.165, 1.54) is 0 Å². The van der Waals surface area contributed by atoms with E-state index in [0.717, 1.165) is 50.3 Å². The van der Waals surface area contributed by atoms with Crippen molar-refractivity contribution in [3.63, 3.8) is 0 Å². The number of amides is 2. The summed E-state index contributed by atoms with van der Waals surface area (Å²) in [7, 11) is 0. The molecule has 0 aliphatic carbocycles. The number of hydrogen-bond donors (Lipinski definition) is 2. The second-order valence-corrected chi connectivity index (χ2v) is 5.85. The molecule has 2 amide bonds. The summed E-state index contributed by atoms with van der Waals surface area (Å²) in [5, 5.41) is 16.5. The highest BCUT2D eigenvalue weighted by atomic mass is 16.3. The van der Waals surface area contributed by atoms with Gasteiger partial charge >= 0.3 is 6.03 Å². The van der Waals surface area contributed by atoms with Gasteiger partial charge in [-0.25, -0.2) is 4.79 Å². The minimum atomic E-state index is 0.0137. The molecule has 0 unspecified atom stereocenters. The molecule has 1 aromatic rings. The SMILES string of the molecule is Cc1cc(C)n(CCCNC(=O)N2CCC(CO)CC2)n1. The Hall–Kier alpha value is -1.56. The van der Waals surface area contributed by atoms with Gasteiger partial charge in [-0.15, -0.1) is 0 Å². The molecule has 118 valence electrons. The third kappa shape index (κ3) is 4.46. The second kappa shape index (κ2) is 7.45. The van der Waals surface area contributed by atoms with Crippen molar-refractivity contribution in [3.05, 3.63) is 17.5 Å². The van der Waals surface area contributed by atoms with Crippen LogP contribution in [0.4, 0.5) is 4.79 Å². The molecule has 0 spiro atoms. The Kier molecular flexibility index (Phi) is 5.61. The highest BCUT2D eigenvalue weighted by Gasteiger charge is 2.21. The van der Waals surface area contributed by atoms with E-state index in [0.29, 0.717) is 12.5 Å². The maximum absolute atomic E-state index is 12.0. The van der Waals surface area contributed by atoms with Gasteiger partial charge in [-0.1, -0.05) is 0 Å². The molecule has 2 rings (SSSR count). The number of aromatic nitrogens is 2. The van der Waals surface area contributed by atoms with E-state index in [-0.39, 0.29) is 12.6 Å². The number of piperidine rings is 1. The Balaban J connectivity index is 1.64. The zero-order chi connectivity index (χ0) is 15.2. The smallest absolute Gasteiger partial charge is 0.317 e. The normalized spacial score (nSPS) is 16.2. The van der Waals surface area contributed by atoms with E-state index in [1.54, 1.807) is 0 Å². The van der Waals surface area contributed by atoms with Crippen molar-refractivity contribution < 1.29 is 9.90 Å². The Bertz CT molecular complexity index is 464. The fourth-order valence-electron chi connectivity index (χ4n) is 2.76. The summed E-state index contributed by atoms with van der Waals surface area (Å²) in [5.74, 6) is 0.361. The first-order chi connectivity index (χ1) is 10.1. The van der Waals surface area contributed by atoms with Crippen LogP contribution in [0, 0.1) is 19.8 Å². The van der Waals surface area contributed by atoms with Crippen molar-refractivity contribution in [2.75, 3.05) is 26.2 Å². The number of carbonyl (C=O) groups is 1. The van der Waals surface area contributed by atoms with Crippen LogP contribution in [0.2, 0.25) is 0 Å². The lowest BCUT2D eigenvalue weighted by molar-refractivity contribution is 0.137. The van der Waals surface area contributed by atoms with Crippen LogP contribution in [0.25, 0.3) is 0 Å². The lowest BCUT2D eigenvalue weighted by Gasteiger charge is -2.31. The highest BCUT2D eigenvalue weighted by molar-refractivity contribution is 5.74. The van der Waals surface area contributed by atoms with Gasteiger partial charge in [0.25, 0.3) is 0 Å². The van der Waals surface area contributed by atoms with Crippen LogP contribution in [0.3, 0.4) is 0 Å². The molecule has 0 atom stereocenters. The quantitative estimate of drug-likeness (QED) is 0.804. The number of nitrogens with zero attached hydrogens (tertiary/aromatic N) is 3. The molecule has 0 radical (unpaired) electrons. The van der Waals surface area contributed by atoms with Crippen molar-refractivity contribution in [2.24, 2.45) is 5.92 Å². The molecular weight excluding hydrogens is 268 g/mol. The number of hydrogen-bond acceptors (Lipinski definition) is 3. The molecule has 1 saturated heterocycles. The van der Waals surface area contributed by atoms with Crippen molar-refractivity contribution in [2.45, 2.75) is 39.7 Å². The van der Waals surface area contributed by atoms with Crippen molar-refractivity contribution in [1.29, 1.82) is 0 Å². The van der Waals surface area contributed by atoms with Gasteiger partial charge in [0, 0.05) is 38.5 Å². The number of urea groups is 1. The molecule has 0 aromatic carbocycles. The average Bonchev–Trinajstić information content (AvgIpc) is 2.81. The zero-order valence-corrected chi connectivity index (χ0v) is 13.0. The van der Waals surface area contributed by atoms with Crippen molar-refractivity contribution >= 4 is 6.03 Å². The number of aliphatic hydroxyl groups excluding tert-OH is 1. The van der Waals surface area contributed by atoms with Gasteiger partial charge in [0.15, 0.2) is 0 Å². The first-order valence-electron chi connectivity index (χ1n) is 7.75. The first-order valence-corrected chi connectivity index (χ1v) is 7.75. The number of rotatable bonds is 5. The summed E-state index contributed by atoms with van der Waals surface area (Å²) in [6.07, 6.45) is 2.67. The summed E-state index contributed by atoms with van der Waals surface area (Å²) in [5.41, 5.74) is 2.19. The first kappa shape index (κ1) is 15.8. The lowest BCUT2D eigenvalue weighted by Crippen LogP contribution is -2.45. The van der Waals surface area contributed by atoms with E-state index < -0.39 is 0 Å². The van der Waals surface area contributed by atoms with Crippen LogP contribution in [0.1, 0.15) is 30.7 Å². The van der Waals surface area contributed by atoms with Crippen LogP contribution in [0.15, 0.2) is 6.07 Å². The third-order valence-corrected chi connectivity index (χ3v) is 4.09.